The molecular formula is C17H23N5O2. The minimum absolute atomic E-state index is 0.147. The number of anilines is 1. The Hall–Kier alpha value is -1.99. The van der Waals surface area contributed by atoms with E-state index in [0.29, 0.717) is 11.9 Å². The van der Waals surface area contributed by atoms with Crippen LogP contribution in [0.1, 0.15) is 24.3 Å². The third-order valence-electron chi connectivity index (χ3n) is 4.81. The fourth-order valence-corrected chi connectivity index (χ4v) is 3.73. The molecule has 2 aromatic heterocycles. The fourth-order valence-electron chi connectivity index (χ4n) is 3.73. The van der Waals surface area contributed by atoms with Gasteiger partial charge in [0.2, 0.25) is 5.89 Å². The van der Waals surface area contributed by atoms with E-state index in [1.54, 1.807) is 0 Å². The summed E-state index contributed by atoms with van der Waals surface area (Å²) >= 11 is 0. The molecule has 1 atom stereocenters. The summed E-state index contributed by atoms with van der Waals surface area (Å²) in [6, 6.07) is 4.77. The summed E-state index contributed by atoms with van der Waals surface area (Å²) in [5.74, 6) is 0.605. The second-order valence-corrected chi connectivity index (χ2v) is 6.73. The van der Waals surface area contributed by atoms with E-state index in [1.165, 1.54) is 5.56 Å². The summed E-state index contributed by atoms with van der Waals surface area (Å²) in [7, 11) is 0. The molecular weight excluding hydrogens is 306 g/mol. The number of aromatic nitrogens is 3. The van der Waals surface area contributed by atoms with E-state index in [-0.39, 0.29) is 5.60 Å². The van der Waals surface area contributed by atoms with E-state index < -0.39 is 0 Å². The molecule has 128 valence electrons. The molecule has 2 fully saturated rings. The van der Waals surface area contributed by atoms with Gasteiger partial charge in [0.25, 0.3) is 0 Å². The van der Waals surface area contributed by atoms with Crippen molar-refractivity contribution in [2.24, 2.45) is 0 Å². The van der Waals surface area contributed by atoms with Gasteiger partial charge in [-0.3, -0.25) is 9.88 Å². The van der Waals surface area contributed by atoms with Gasteiger partial charge in [0, 0.05) is 45.5 Å². The highest BCUT2D eigenvalue weighted by molar-refractivity contribution is 5.27. The Labute approximate surface area is 141 Å². The van der Waals surface area contributed by atoms with Crippen molar-refractivity contribution in [1.82, 2.24) is 20.1 Å². The Morgan fingerprint density at radius 1 is 1.17 bits per heavy atom. The van der Waals surface area contributed by atoms with Crippen molar-refractivity contribution in [3.8, 4) is 0 Å². The normalized spacial score (nSPS) is 25.3. The maximum absolute atomic E-state index is 6.25. The predicted octanol–water partition coefficient (Wildman–Crippen LogP) is 1.64. The molecule has 2 aliphatic rings. The van der Waals surface area contributed by atoms with Crippen LogP contribution in [0.25, 0.3) is 0 Å². The molecule has 0 aliphatic carbocycles. The van der Waals surface area contributed by atoms with Crippen LogP contribution in [-0.4, -0.2) is 58.5 Å². The molecule has 2 aliphatic heterocycles. The molecule has 24 heavy (non-hydrogen) atoms. The number of hydrogen-bond acceptors (Lipinski definition) is 7. The van der Waals surface area contributed by atoms with Crippen molar-refractivity contribution in [3.63, 3.8) is 0 Å². The lowest BCUT2D eigenvalue weighted by Gasteiger charge is -2.47. The summed E-state index contributed by atoms with van der Waals surface area (Å²) in [5, 5.41) is 8.12. The van der Waals surface area contributed by atoms with Gasteiger partial charge in [0.05, 0.1) is 18.8 Å². The van der Waals surface area contributed by atoms with Crippen molar-refractivity contribution in [2.45, 2.75) is 31.9 Å². The highest BCUT2D eigenvalue weighted by atomic mass is 16.5. The third-order valence-corrected chi connectivity index (χ3v) is 4.81. The highest BCUT2D eigenvalue weighted by Crippen LogP contribution is 2.31. The summed E-state index contributed by atoms with van der Waals surface area (Å²) in [5.41, 5.74) is 1.15. The van der Waals surface area contributed by atoms with Crippen LogP contribution in [0.3, 0.4) is 0 Å². The Morgan fingerprint density at radius 2 is 2.04 bits per heavy atom. The maximum Gasteiger partial charge on any atom is 0.318 e. The SMILES string of the molecule is Cc1nnc(N2CCCC3(CN(Cc4ccncc4)CCO3)C2)o1. The van der Waals surface area contributed by atoms with Gasteiger partial charge >= 0.3 is 6.01 Å². The first-order valence-electron chi connectivity index (χ1n) is 8.53. The monoisotopic (exact) mass is 329 g/mol. The van der Waals surface area contributed by atoms with E-state index in [2.05, 4.69) is 37.1 Å². The van der Waals surface area contributed by atoms with Crippen LogP contribution < -0.4 is 4.90 Å². The first kappa shape index (κ1) is 15.5. The molecule has 4 heterocycles. The summed E-state index contributed by atoms with van der Waals surface area (Å²) in [6.45, 7) is 7.17. The number of pyridine rings is 1. The van der Waals surface area contributed by atoms with Gasteiger partial charge in [-0.15, -0.1) is 5.10 Å². The van der Waals surface area contributed by atoms with Crippen molar-refractivity contribution < 1.29 is 9.15 Å². The summed E-state index contributed by atoms with van der Waals surface area (Å²) in [4.78, 5) is 8.73. The second-order valence-electron chi connectivity index (χ2n) is 6.73. The molecule has 0 bridgehead atoms. The number of nitrogens with zero attached hydrogens (tertiary/aromatic N) is 5. The van der Waals surface area contributed by atoms with Crippen LogP contribution >= 0.6 is 0 Å². The molecule has 0 saturated carbocycles. The van der Waals surface area contributed by atoms with Gasteiger partial charge < -0.3 is 14.1 Å². The minimum Gasteiger partial charge on any atom is -0.408 e. The van der Waals surface area contributed by atoms with Gasteiger partial charge in [-0.05, 0) is 30.5 Å². The van der Waals surface area contributed by atoms with Gasteiger partial charge in [-0.2, -0.15) is 0 Å². The zero-order chi connectivity index (χ0) is 16.4. The molecule has 2 saturated heterocycles. The second kappa shape index (κ2) is 6.49. The molecule has 0 aromatic carbocycles. The van der Waals surface area contributed by atoms with Crippen LogP contribution in [0.4, 0.5) is 6.01 Å². The van der Waals surface area contributed by atoms with Crippen LogP contribution in [0, 0.1) is 6.92 Å². The Kier molecular flexibility index (Phi) is 4.20. The van der Waals surface area contributed by atoms with Crippen LogP contribution in [0.2, 0.25) is 0 Å². The predicted molar refractivity (Wildman–Crippen MR) is 88.7 cm³/mol. The lowest BCUT2D eigenvalue weighted by molar-refractivity contribution is -0.116. The Morgan fingerprint density at radius 3 is 2.83 bits per heavy atom. The lowest BCUT2D eigenvalue weighted by atomic mass is 9.90. The number of ether oxygens (including phenoxy) is 1. The Bertz CT molecular complexity index is 673. The molecule has 7 heteroatoms. The van der Waals surface area contributed by atoms with E-state index in [9.17, 15) is 0 Å². The van der Waals surface area contributed by atoms with Crippen molar-refractivity contribution in [3.05, 3.63) is 36.0 Å². The van der Waals surface area contributed by atoms with Gasteiger partial charge in [-0.25, -0.2) is 0 Å². The molecule has 1 unspecified atom stereocenters. The molecule has 0 radical (unpaired) electrons. The first-order chi connectivity index (χ1) is 11.7. The van der Waals surface area contributed by atoms with Crippen LogP contribution in [0.5, 0.6) is 0 Å². The number of piperidine rings is 1. The lowest BCUT2D eigenvalue weighted by Crippen LogP contribution is -2.59. The average Bonchev–Trinajstić information content (AvgIpc) is 3.03. The van der Waals surface area contributed by atoms with E-state index in [0.717, 1.165) is 52.2 Å². The summed E-state index contributed by atoms with van der Waals surface area (Å²) in [6.07, 6.45) is 5.85. The molecule has 0 amide bonds. The Balaban J connectivity index is 1.45. The third kappa shape index (κ3) is 3.27. The standard InChI is InChI=1S/C17H23N5O2/c1-14-19-20-16(24-14)22-8-2-5-17(13-22)12-21(9-10-23-17)11-15-3-6-18-7-4-15/h3-4,6-7H,2,5,8-13H2,1H3. The highest BCUT2D eigenvalue weighted by Gasteiger charge is 2.41. The molecule has 4 rings (SSSR count). The minimum atomic E-state index is -0.147. The number of rotatable bonds is 3. The molecule has 1 spiro atoms. The molecule has 0 N–H and O–H groups in total. The maximum atomic E-state index is 6.25. The first-order valence-corrected chi connectivity index (χ1v) is 8.53. The largest absolute Gasteiger partial charge is 0.408 e. The van der Waals surface area contributed by atoms with Crippen molar-refractivity contribution in [1.29, 1.82) is 0 Å². The van der Waals surface area contributed by atoms with Gasteiger partial charge in [-0.1, -0.05) is 5.10 Å². The fraction of sp³-hybridized carbons (Fsp3) is 0.588. The van der Waals surface area contributed by atoms with Crippen LogP contribution in [0.15, 0.2) is 28.9 Å². The smallest absolute Gasteiger partial charge is 0.318 e. The van der Waals surface area contributed by atoms with E-state index >= 15 is 0 Å². The van der Waals surface area contributed by atoms with Crippen LogP contribution in [-0.2, 0) is 11.3 Å². The summed E-state index contributed by atoms with van der Waals surface area (Å²) < 4.78 is 11.9. The number of morpholine rings is 1. The molecule has 7 nitrogen and oxygen atoms in total. The van der Waals surface area contributed by atoms with E-state index in [1.807, 2.05) is 19.3 Å². The molecule has 2 aromatic rings. The van der Waals surface area contributed by atoms with Gasteiger partial charge in [0.15, 0.2) is 0 Å². The average molecular weight is 329 g/mol. The number of hydrogen-bond donors (Lipinski definition) is 0. The topological polar surface area (TPSA) is 67.5 Å². The van der Waals surface area contributed by atoms with Crippen molar-refractivity contribution in [2.75, 3.05) is 37.7 Å². The van der Waals surface area contributed by atoms with Gasteiger partial charge in [0.1, 0.15) is 0 Å². The quantitative estimate of drug-likeness (QED) is 0.848. The van der Waals surface area contributed by atoms with Crippen molar-refractivity contribution >= 4 is 6.01 Å². The zero-order valence-electron chi connectivity index (χ0n) is 14.0. The number of aryl methyl sites for hydroxylation is 1. The zero-order valence-corrected chi connectivity index (χ0v) is 14.0. The van der Waals surface area contributed by atoms with E-state index in [4.69, 9.17) is 9.15 Å².